The zero-order valence-corrected chi connectivity index (χ0v) is 62.6. The van der Waals surface area contributed by atoms with Crippen molar-refractivity contribution in [1.29, 1.82) is 0 Å². The van der Waals surface area contributed by atoms with Crippen LogP contribution in [-0.4, -0.2) is 69.9 Å². The van der Waals surface area contributed by atoms with E-state index >= 15 is 0 Å². The molecule has 14 aromatic rings. The van der Waals surface area contributed by atoms with Crippen LogP contribution >= 0.6 is 0 Å². The average Bonchev–Trinajstić information content (AvgIpc) is 1.58. The van der Waals surface area contributed by atoms with Crippen LogP contribution in [0.1, 0.15) is 33.4 Å². The normalized spacial score (nSPS) is 11.5. The topological polar surface area (TPSA) is 110 Å². The van der Waals surface area contributed by atoms with Crippen LogP contribution in [0.25, 0.3) is 44.1 Å². The highest BCUT2D eigenvalue weighted by molar-refractivity contribution is 7.89. The number of aryl methyl sites for hydroxylation is 2. The minimum absolute atomic E-state index is 0. The Kier molecular flexibility index (Phi) is 25.7. The van der Waals surface area contributed by atoms with Gasteiger partial charge < -0.3 is 67.9 Å². The lowest BCUT2D eigenvalue weighted by molar-refractivity contribution is -0.663. The van der Waals surface area contributed by atoms with Crippen molar-refractivity contribution in [2.24, 2.45) is 0 Å². The van der Waals surface area contributed by atoms with Crippen molar-refractivity contribution >= 4 is 64.2 Å². The quantitative estimate of drug-likeness (QED) is 0.0792. The van der Waals surface area contributed by atoms with Gasteiger partial charge in [0.1, 0.15) is 52.4 Å². The van der Waals surface area contributed by atoms with Crippen LogP contribution in [0.5, 0.6) is 0 Å². The number of hydrogen-bond acceptors (Lipinski definition) is 4. The standard InChI is InChI=1S/2C39H39N5O2S.4BrH/c2*1-32-20-22-35(23-21-32)47(45,46)44(26-24-40-30-42(28-33-12-4-2-5-13-33)38-18-10-8-16-36(38)40)27-25-41-31-43(29-34-14-6-3-7-15-34)39-19-11-9-17-37(39)41;;;;/h2*2-23,30-31H,24-29H2,1H3;4*1H/q2*+2;;;;/p-4. The van der Waals surface area contributed by atoms with Gasteiger partial charge in [-0.05, 0) is 109 Å². The Hall–Kier alpha value is -8.18. The van der Waals surface area contributed by atoms with Gasteiger partial charge in [-0.2, -0.15) is 8.61 Å². The third-order valence-electron chi connectivity index (χ3n) is 17.6. The van der Waals surface area contributed by atoms with Gasteiger partial charge in [-0.3, -0.25) is 0 Å². The SMILES string of the molecule is Cc1ccc(S(=O)(=O)N(CCn2c[n+](Cc3ccccc3)c3ccccc32)CCn2c[n+](Cc3ccccc3)c3ccccc32)cc1.Cc1ccc(S(=O)(=O)N(CCn2c[n+](Cc3ccccc3)c3ccccc32)CCn2c[n+](Cc3ccccc3)c3ccccc32)cc1.[Br-].[Br-].[Br-].[Br-]. The number of hydrogen-bond donors (Lipinski definition) is 0. The van der Waals surface area contributed by atoms with Gasteiger partial charge in [-0.15, -0.1) is 0 Å². The van der Waals surface area contributed by atoms with Crippen LogP contribution in [0.15, 0.2) is 302 Å². The second-order valence-electron chi connectivity index (χ2n) is 24.1. The molecule has 0 saturated heterocycles. The monoisotopic (exact) mass is 1600 g/mol. The molecule has 14 nitrogen and oxygen atoms in total. The largest absolute Gasteiger partial charge is 1.00 e. The van der Waals surface area contributed by atoms with Crippen LogP contribution in [0, 0.1) is 13.8 Å². The number of nitrogens with zero attached hydrogens (tertiary/aromatic N) is 10. The molecular formula is C78H78Br4N10O4S2. The number of halogens is 4. The van der Waals surface area contributed by atoms with Gasteiger partial charge in [0.05, 0.1) is 36.0 Å². The van der Waals surface area contributed by atoms with Crippen LogP contribution in [0.3, 0.4) is 0 Å². The highest BCUT2D eigenvalue weighted by atomic mass is 79.9. The molecule has 0 spiro atoms. The van der Waals surface area contributed by atoms with Gasteiger partial charge in [0.2, 0.25) is 45.4 Å². The van der Waals surface area contributed by atoms with Crippen molar-refractivity contribution in [3.63, 3.8) is 0 Å². The van der Waals surface area contributed by atoms with E-state index in [1.54, 1.807) is 32.9 Å². The van der Waals surface area contributed by atoms with Crippen molar-refractivity contribution in [3.05, 3.63) is 326 Å². The summed E-state index contributed by atoms with van der Waals surface area (Å²) in [5.41, 5.74) is 15.7. The maximum absolute atomic E-state index is 14.2. The van der Waals surface area contributed by atoms with E-state index in [4.69, 9.17) is 0 Å². The Bertz CT molecular complexity index is 4550. The van der Waals surface area contributed by atoms with Crippen molar-refractivity contribution < 1.29 is 103 Å². The molecule has 0 atom stereocenters. The number of sulfonamides is 2. The summed E-state index contributed by atoms with van der Waals surface area (Å²) in [6.07, 6.45) is 8.45. The summed E-state index contributed by atoms with van der Waals surface area (Å²) in [4.78, 5) is 0.632. The van der Waals surface area contributed by atoms with E-state index in [2.05, 4.69) is 207 Å². The lowest BCUT2D eigenvalue weighted by atomic mass is 10.2. The first-order valence-corrected chi connectivity index (χ1v) is 35.0. The summed E-state index contributed by atoms with van der Waals surface area (Å²) < 4.78 is 77.7. The minimum Gasteiger partial charge on any atom is -1.00 e. The molecule has 20 heteroatoms. The van der Waals surface area contributed by atoms with E-state index in [0.717, 1.165) is 81.4 Å². The van der Waals surface area contributed by atoms with Crippen LogP contribution in [-0.2, 0) is 72.4 Å². The number of para-hydroxylation sites is 8. The molecule has 0 aliphatic heterocycles. The summed E-state index contributed by atoms with van der Waals surface area (Å²) in [6.45, 7) is 10.3. The molecule has 0 aliphatic rings. The van der Waals surface area contributed by atoms with Crippen molar-refractivity contribution in [3.8, 4) is 0 Å². The summed E-state index contributed by atoms with van der Waals surface area (Å²) in [7, 11) is -7.51. The Morgan fingerprint density at radius 1 is 0.276 bits per heavy atom. The van der Waals surface area contributed by atoms with Gasteiger partial charge in [0, 0.05) is 0 Å². The number of benzene rings is 10. The van der Waals surface area contributed by atoms with Gasteiger partial charge >= 0.3 is 0 Å². The number of aromatic nitrogens is 8. The average molecular weight is 1600 g/mol. The number of rotatable bonds is 24. The molecule has 0 amide bonds. The minimum atomic E-state index is -3.76. The first-order valence-electron chi connectivity index (χ1n) is 32.1. The maximum atomic E-state index is 14.2. The molecule has 0 bridgehead atoms. The van der Waals surface area contributed by atoms with E-state index in [9.17, 15) is 16.8 Å². The molecular weight excluding hydrogens is 1520 g/mol. The molecule has 0 fully saturated rings. The molecule has 0 unspecified atom stereocenters. The lowest BCUT2D eigenvalue weighted by Gasteiger charge is -2.21. The summed E-state index contributed by atoms with van der Waals surface area (Å²) in [6, 6.07) is 89.2. The Balaban J connectivity index is 0.000000220. The summed E-state index contributed by atoms with van der Waals surface area (Å²) in [5, 5.41) is 0. The zero-order valence-electron chi connectivity index (χ0n) is 54.6. The van der Waals surface area contributed by atoms with Crippen LogP contribution in [0.2, 0.25) is 0 Å². The highest BCUT2D eigenvalue weighted by Crippen LogP contribution is 2.23. The van der Waals surface area contributed by atoms with Crippen molar-refractivity contribution in [1.82, 2.24) is 26.9 Å². The van der Waals surface area contributed by atoms with E-state index in [-0.39, 0.29) is 67.9 Å². The maximum Gasteiger partial charge on any atom is 0.245 e. The van der Waals surface area contributed by atoms with Gasteiger partial charge in [-0.25, -0.2) is 53.4 Å². The van der Waals surface area contributed by atoms with Crippen molar-refractivity contribution in [2.75, 3.05) is 26.2 Å². The number of imidazole rings is 4. The number of fused-ring (bicyclic) bond motifs is 4. The van der Waals surface area contributed by atoms with Crippen LogP contribution < -0.4 is 86.2 Å². The highest BCUT2D eigenvalue weighted by Gasteiger charge is 2.30. The molecule has 0 aliphatic carbocycles. The van der Waals surface area contributed by atoms with E-state index in [1.165, 1.54) is 22.3 Å². The summed E-state index contributed by atoms with van der Waals surface area (Å²) >= 11 is 0. The van der Waals surface area contributed by atoms with Gasteiger partial charge in [0.25, 0.3) is 0 Å². The fourth-order valence-corrected chi connectivity index (χ4v) is 15.5. The molecule has 4 heterocycles. The molecule has 98 heavy (non-hydrogen) atoms. The van der Waals surface area contributed by atoms with E-state index in [0.29, 0.717) is 62.1 Å². The smallest absolute Gasteiger partial charge is 0.245 e. The predicted octanol–water partition coefficient (Wildman–Crippen LogP) is -0.0498. The third kappa shape index (κ3) is 17.3. The second-order valence-corrected chi connectivity index (χ2v) is 28.0. The van der Waals surface area contributed by atoms with E-state index in [1.807, 2.05) is 111 Å². The Morgan fingerprint density at radius 3 is 0.704 bits per heavy atom. The molecule has 0 saturated carbocycles. The fraction of sp³-hybridized carbons (Fsp3) is 0.179. The third-order valence-corrected chi connectivity index (χ3v) is 21.4. The Labute approximate surface area is 616 Å². The fourth-order valence-electron chi connectivity index (χ4n) is 12.6. The van der Waals surface area contributed by atoms with Gasteiger partial charge in [-0.1, -0.05) is 205 Å². The van der Waals surface area contributed by atoms with Crippen LogP contribution in [0.4, 0.5) is 0 Å². The summed E-state index contributed by atoms with van der Waals surface area (Å²) in [5.74, 6) is 0. The molecule has 14 rings (SSSR count). The van der Waals surface area contributed by atoms with Crippen molar-refractivity contribution in [2.45, 2.75) is 76.0 Å². The first-order chi connectivity index (χ1) is 45.9. The lowest BCUT2D eigenvalue weighted by Crippen LogP contribution is -3.00. The first kappa shape index (κ1) is 74.1. The Morgan fingerprint density at radius 2 is 0.480 bits per heavy atom. The molecule has 0 N–H and O–H groups in total. The molecule has 4 aromatic heterocycles. The predicted molar refractivity (Wildman–Crippen MR) is 371 cm³/mol. The van der Waals surface area contributed by atoms with Gasteiger partial charge in [0.15, 0.2) is 44.1 Å². The van der Waals surface area contributed by atoms with E-state index < -0.39 is 20.0 Å². The molecule has 10 aromatic carbocycles. The zero-order chi connectivity index (χ0) is 64.4. The second kappa shape index (κ2) is 34.1. The molecule has 504 valence electrons. The molecule has 0 radical (unpaired) electrons.